The Hall–Kier alpha value is -1.71. The predicted molar refractivity (Wildman–Crippen MR) is 117 cm³/mol. The molecule has 2 aliphatic heterocycles. The van der Waals surface area contributed by atoms with Crippen LogP contribution in [0.4, 0.5) is 0 Å². The van der Waals surface area contributed by atoms with E-state index in [1.165, 1.54) is 0 Å². The first-order valence-corrected chi connectivity index (χ1v) is 12.4. The van der Waals surface area contributed by atoms with E-state index in [9.17, 15) is 8.42 Å². The number of hydrogen-bond donors (Lipinski definition) is 0. The third-order valence-electron chi connectivity index (χ3n) is 5.61. The zero-order valence-electron chi connectivity index (χ0n) is 17.3. The van der Waals surface area contributed by atoms with Gasteiger partial charge in [-0.2, -0.15) is 4.31 Å². The molecule has 0 atom stereocenters. The molecule has 4 rings (SSSR count). The maximum atomic E-state index is 13.5. The van der Waals surface area contributed by atoms with Gasteiger partial charge >= 0.3 is 0 Å². The fraction of sp³-hybridized carbons (Fsp3) is 0.500. The summed E-state index contributed by atoms with van der Waals surface area (Å²) in [6, 6.07) is 9.85. The van der Waals surface area contributed by atoms with E-state index in [1.807, 2.05) is 12.1 Å². The van der Waals surface area contributed by atoms with Gasteiger partial charge in [0.05, 0.1) is 18.1 Å². The molecule has 2 fully saturated rings. The van der Waals surface area contributed by atoms with Gasteiger partial charge in [-0.3, -0.25) is 0 Å². The zero-order chi connectivity index (χ0) is 21.7. The molecule has 0 bridgehead atoms. The number of benzene rings is 1. The Bertz CT molecular complexity index is 941. The molecule has 0 saturated carbocycles. The van der Waals surface area contributed by atoms with Crippen LogP contribution in [0.1, 0.15) is 31.2 Å². The number of rotatable bonds is 7. The summed E-state index contributed by atoms with van der Waals surface area (Å²) in [6.07, 6.45) is 4.81. The lowest BCUT2D eigenvalue weighted by molar-refractivity contribution is 0.0237. The number of ether oxygens (including phenoxy) is 3. The van der Waals surface area contributed by atoms with E-state index in [2.05, 4.69) is 4.98 Å². The molecule has 0 N–H and O–H groups in total. The lowest BCUT2D eigenvalue weighted by atomic mass is 10.1. The first-order chi connectivity index (χ1) is 15.0. The van der Waals surface area contributed by atoms with Gasteiger partial charge in [0.25, 0.3) is 0 Å². The maximum absolute atomic E-state index is 13.5. The summed E-state index contributed by atoms with van der Waals surface area (Å²) in [7, 11) is -3.70. The van der Waals surface area contributed by atoms with Crippen molar-refractivity contribution in [2.75, 3.05) is 26.4 Å². The van der Waals surface area contributed by atoms with E-state index in [1.54, 1.807) is 34.8 Å². The van der Waals surface area contributed by atoms with Gasteiger partial charge in [0.2, 0.25) is 15.9 Å². The molecule has 0 unspecified atom stereocenters. The standard InChI is InChI=1S/C22H27ClN2O5S/c23-18-2-4-21(5-3-18)31(26,27)25(19-7-11-28-12-8-19)16-17-1-6-22(24-15-17)30-20-9-13-29-14-10-20/h1-6,15,19-20H,7-14,16H2. The Kier molecular flexibility index (Phi) is 7.45. The highest BCUT2D eigenvalue weighted by molar-refractivity contribution is 7.89. The minimum Gasteiger partial charge on any atom is -0.474 e. The second-order valence-electron chi connectivity index (χ2n) is 7.78. The lowest BCUT2D eigenvalue weighted by Crippen LogP contribution is -2.42. The molecule has 0 amide bonds. The van der Waals surface area contributed by atoms with E-state index in [-0.39, 0.29) is 23.6 Å². The van der Waals surface area contributed by atoms with Gasteiger partial charge in [-0.05, 0) is 42.7 Å². The van der Waals surface area contributed by atoms with Crippen molar-refractivity contribution in [3.05, 3.63) is 53.2 Å². The molecular formula is C22H27ClN2O5S. The van der Waals surface area contributed by atoms with Crippen molar-refractivity contribution in [1.82, 2.24) is 9.29 Å². The first kappa shape index (κ1) is 22.5. The van der Waals surface area contributed by atoms with Crippen LogP contribution >= 0.6 is 11.6 Å². The number of pyridine rings is 1. The number of halogens is 1. The molecule has 168 valence electrons. The highest BCUT2D eigenvalue weighted by Crippen LogP contribution is 2.27. The molecule has 2 saturated heterocycles. The van der Waals surface area contributed by atoms with E-state index >= 15 is 0 Å². The van der Waals surface area contributed by atoms with Crippen LogP contribution in [0, 0.1) is 0 Å². The Morgan fingerprint density at radius 1 is 0.968 bits per heavy atom. The molecule has 2 aliphatic rings. The van der Waals surface area contributed by atoms with Gasteiger partial charge in [-0.1, -0.05) is 17.7 Å². The van der Waals surface area contributed by atoms with Crippen LogP contribution < -0.4 is 4.74 Å². The SMILES string of the molecule is O=S(=O)(c1ccc(Cl)cc1)N(Cc1ccc(OC2CCOCC2)nc1)C1CCOCC1. The second-order valence-corrected chi connectivity index (χ2v) is 10.1. The van der Waals surface area contributed by atoms with Crippen molar-refractivity contribution in [2.24, 2.45) is 0 Å². The fourth-order valence-electron chi connectivity index (χ4n) is 3.84. The summed E-state index contributed by atoms with van der Waals surface area (Å²) < 4.78 is 45.2. The summed E-state index contributed by atoms with van der Waals surface area (Å²) >= 11 is 5.95. The maximum Gasteiger partial charge on any atom is 0.243 e. The van der Waals surface area contributed by atoms with Gasteiger partial charge in [-0.15, -0.1) is 0 Å². The van der Waals surface area contributed by atoms with Gasteiger partial charge in [-0.25, -0.2) is 13.4 Å². The second kappa shape index (κ2) is 10.3. The molecular weight excluding hydrogens is 440 g/mol. The normalized spacial score (nSPS) is 18.9. The van der Waals surface area contributed by atoms with E-state index in [0.29, 0.717) is 50.2 Å². The number of nitrogens with zero attached hydrogens (tertiary/aromatic N) is 2. The zero-order valence-corrected chi connectivity index (χ0v) is 18.9. The molecule has 31 heavy (non-hydrogen) atoms. The third kappa shape index (κ3) is 5.75. The average molecular weight is 467 g/mol. The lowest BCUT2D eigenvalue weighted by Gasteiger charge is -2.33. The van der Waals surface area contributed by atoms with Crippen LogP contribution in [0.25, 0.3) is 0 Å². The quantitative estimate of drug-likeness (QED) is 0.619. The average Bonchev–Trinajstić information content (AvgIpc) is 2.80. The van der Waals surface area contributed by atoms with Crippen LogP contribution in [-0.2, 0) is 26.0 Å². The summed E-state index contributed by atoms with van der Waals surface area (Å²) in [5, 5.41) is 0.501. The van der Waals surface area contributed by atoms with E-state index in [0.717, 1.165) is 18.4 Å². The third-order valence-corrected chi connectivity index (χ3v) is 7.77. The first-order valence-electron chi connectivity index (χ1n) is 10.6. The van der Waals surface area contributed by atoms with Crippen molar-refractivity contribution in [3.8, 4) is 5.88 Å². The van der Waals surface area contributed by atoms with Crippen molar-refractivity contribution in [3.63, 3.8) is 0 Å². The minimum atomic E-state index is -3.70. The van der Waals surface area contributed by atoms with Crippen LogP contribution in [0.15, 0.2) is 47.5 Å². The van der Waals surface area contributed by atoms with Gasteiger partial charge < -0.3 is 14.2 Å². The highest BCUT2D eigenvalue weighted by Gasteiger charge is 2.33. The van der Waals surface area contributed by atoms with Crippen molar-refractivity contribution in [1.29, 1.82) is 0 Å². The molecule has 7 nitrogen and oxygen atoms in total. The minimum absolute atomic E-state index is 0.108. The monoisotopic (exact) mass is 466 g/mol. The fourth-order valence-corrected chi connectivity index (χ4v) is 5.64. The number of aromatic nitrogens is 1. The summed E-state index contributed by atoms with van der Waals surface area (Å²) in [5.41, 5.74) is 0.809. The topological polar surface area (TPSA) is 78.0 Å². The largest absolute Gasteiger partial charge is 0.474 e. The van der Waals surface area contributed by atoms with Crippen molar-refractivity contribution < 1.29 is 22.6 Å². The van der Waals surface area contributed by atoms with Crippen LogP contribution in [-0.4, -0.2) is 56.3 Å². The van der Waals surface area contributed by atoms with Crippen LogP contribution in [0.2, 0.25) is 5.02 Å². The van der Waals surface area contributed by atoms with Crippen LogP contribution in [0.3, 0.4) is 0 Å². The summed E-state index contributed by atoms with van der Waals surface area (Å²) in [6.45, 7) is 2.73. The molecule has 0 radical (unpaired) electrons. The predicted octanol–water partition coefficient (Wildman–Crippen LogP) is 3.66. The molecule has 1 aromatic carbocycles. The van der Waals surface area contributed by atoms with E-state index in [4.69, 9.17) is 25.8 Å². The van der Waals surface area contributed by atoms with Gasteiger partial charge in [0.1, 0.15) is 6.10 Å². The molecule has 3 heterocycles. The molecule has 2 aromatic rings. The Morgan fingerprint density at radius 3 is 2.23 bits per heavy atom. The van der Waals surface area contributed by atoms with E-state index < -0.39 is 10.0 Å². The highest BCUT2D eigenvalue weighted by atomic mass is 35.5. The summed E-state index contributed by atoms with van der Waals surface area (Å²) in [4.78, 5) is 4.64. The smallest absolute Gasteiger partial charge is 0.243 e. The molecule has 0 aliphatic carbocycles. The van der Waals surface area contributed by atoms with Crippen LogP contribution in [0.5, 0.6) is 5.88 Å². The van der Waals surface area contributed by atoms with Gasteiger partial charge in [0, 0.05) is 55.9 Å². The Labute approximate surface area is 188 Å². The summed E-state index contributed by atoms with van der Waals surface area (Å²) in [5.74, 6) is 0.550. The Balaban J connectivity index is 1.52. The molecule has 0 spiro atoms. The Morgan fingerprint density at radius 2 is 1.61 bits per heavy atom. The van der Waals surface area contributed by atoms with Crippen molar-refractivity contribution in [2.45, 2.75) is 49.3 Å². The number of sulfonamides is 1. The van der Waals surface area contributed by atoms with Gasteiger partial charge in [0.15, 0.2) is 0 Å². The number of hydrogen-bond acceptors (Lipinski definition) is 6. The molecule has 1 aromatic heterocycles. The van der Waals surface area contributed by atoms with Crippen molar-refractivity contribution >= 4 is 21.6 Å². The molecule has 9 heteroatoms.